The van der Waals surface area contributed by atoms with Crippen molar-refractivity contribution in [3.8, 4) is 0 Å². The Morgan fingerprint density at radius 3 is 3.38 bits per heavy atom. The molecule has 1 fully saturated rings. The Bertz CT molecular complexity index is 290. The van der Waals surface area contributed by atoms with Gasteiger partial charge in [-0.2, -0.15) is 0 Å². The van der Waals surface area contributed by atoms with Crippen LogP contribution in [0.2, 0.25) is 0 Å². The topological polar surface area (TPSA) is 55.1 Å². The maximum absolute atomic E-state index is 10.5. The van der Waals surface area contributed by atoms with E-state index in [4.69, 9.17) is 4.52 Å². The molecule has 1 aliphatic heterocycles. The molecular formula is C9H12N2O2. The van der Waals surface area contributed by atoms with Crippen molar-refractivity contribution in [3.05, 3.63) is 17.5 Å². The number of aldehydes is 1. The van der Waals surface area contributed by atoms with E-state index in [9.17, 15) is 4.79 Å². The van der Waals surface area contributed by atoms with Crippen LogP contribution < -0.4 is 5.32 Å². The third-order valence-corrected chi connectivity index (χ3v) is 2.44. The average Bonchev–Trinajstić information content (AvgIpc) is 2.76. The summed E-state index contributed by atoms with van der Waals surface area (Å²) in [6, 6.07) is 0. The van der Waals surface area contributed by atoms with Gasteiger partial charge in [-0.1, -0.05) is 5.16 Å². The number of hydrogen-bond acceptors (Lipinski definition) is 4. The van der Waals surface area contributed by atoms with Gasteiger partial charge in [0, 0.05) is 6.42 Å². The highest BCUT2D eigenvalue weighted by Crippen LogP contribution is 2.16. The van der Waals surface area contributed by atoms with Crippen molar-refractivity contribution in [3.63, 3.8) is 0 Å². The van der Waals surface area contributed by atoms with E-state index < -0.39 is 0 Å². The van der Waals surface area contributed by atoms with E-state index in [-0.39, 0.29) is 0 Å². The zero-order valence-electron chi connectivity index (χ0n) is 7.32. The fourth-order valence-corrected chi connectivity index (χ4v) is 1.67. The highest BCUT2D eigenvalue weighted by atomic mass is 16.5. The van der Waals surface area contributed by atoms with E-state index in [0.717, 1.165) is 38.0 Å². The van der Waals surface area contributed by atoms with Gasteiger partial charge in [-0.25, -0.2) is 0 Å². The van der Waals surface area contributed by atoms with Crippen LogP contribution in [0.1, 0.15) is 22.5 Å². The van der Waals surface area contributed by atoms with Crippen molar-refractivity contribution in [2.45, 2.75) is 12.8 Å². The van der Waals surface area contributed by atoms with Gasteiger partial charge in [0.05, 0.1) is 11.8 Å². The lowest BCUT2D eigenvalue weighted by atomic mass is 10.0. The molecule has 1 atom stereocenters. The molecule has 70 valence electrons. The van der Waals surface area contributed by atoms with Crippen molar-refractivity contribution in [1.82, 2.24) is 10.5 Å². The van der Waals surface area contributed by atoms with E-state index in [1.165, 1.54) is 6.20 Å². The quantitative estimate of drug-likeness (QED) is 0.693. The second kappa shape index (κ2) is 3.70. The molecule has 0 aliphatic carbocycles. The Morgan fingerprint density at radius 2 is 2.69 bits per heavy atom. The van der Waals surface area contributed by atoms with Gasteiger partial charge in [0.2, 0.25) is 0 Å². The van der Waals surface area contributed by atoms with Crippen LogP contribution in [0.15, 0.2) is 10.7 Å². The SMILES string of the molecule is O=Cc1cnoc1CC1CCNC1. The summed E-state index contributed by atoms with van der Waals surface area (Å²) in [5.74, 6) is 1.32. The summed E-state index contributed by atoms with van der Waals surface area (Å²) < 4.78 is 5.01. The van der Waals surface area contributed by atoms with Crippen LogP contribution >= 0.6 is 0 Å². The summed E-state index contributed by atoms with van der Waals surface area (Å²) in [5, 5.41) is 6.88. The third kappa shape index (κ3) is 1.78. The summed E-state index contributed by atoms with van der Waals surface area (Å²) in [7, 11) is 0. The van der Waals surface area contributed by atoms with Gasteiger partial charge >= 0.3 is 0 Å². The van der Waals surface area contributed by atoms with Gasteiger partial charge in [0.25, 0.3) is 0 Å². The molecule has 1 unspecified atom stereocenters. The molecule has 0 amide bonds. The second-order valence-corrected chi connectivity index (χ2v) is 3.39. The molecule has 0 saturated carbocycles. The zero-order chi connectivity index (χ0) is 9.10. The minimum atomic E-state index is 0.589. The minimum Gasteiger partial charge on any atom is -0.361 e. The van der Waals surface area contributed by atoms with Crippen molar-refractivity contribution in [2.75, 3.05) is 13.1 Å². The van der Waals surface area contributed by atoms with Crippen LogP contribution in [0.3, 0.4) is 0 Å². The predicted molar refractivity (Wildman–Crippen MR) is 46.6 cm³/mol. The van der Waals surface area contributed by atoms with Crippen molar-refractivity contribution in [1.29, 1.82) is 0 Å². The van der Waals surface area contributed by atoms with Crippen LogP contribution in [0, 0.1) is 5.92 Å². The first-order chi connectivity index (χ1) is 6.40. The molecule has 1 aromatic heterocycles. The fraction of sp³-hybridized carbons (Fsp3) is 0.556. The molecular weight excluding hydrogens is 168 g/mol. The van der Waals surface area contributed by atoms with E-state index in [0.29, 0.717) is 11.5 Å². The Hall–Kier alpha value is -1.16. The zero-order valence-corrected chi connectivity index (χ0v) is 7.32. The number of carbonyl (C=O) groups is 1. The average molecular weight is 180 g/mol. The van der Waals surface area contributed by atoms with E-state index >= 15 is 0 Å². The van der Waals surface area contributed by atoms with Gasteiger partial charge < -0.3 is 9.84 Å². The summed E-state index contributed by atoms with van der Waals surface area (Å²) >= 11 is 0. The number of aromatic nitrogens is 1. The smallest absolute Gasteiger partial charge is 0.155 e. The number of nitrogens with one attached hydrogen (secondary N) is 1. The minimum absolute atomic E-state index is 0.589. The summed E-state index contributed by atoms with van der Waals surface area (Å²) in [5.41, 5.74) is 0.590. The van der Waals surface area contributed by atoms with Crippen LogP contribution in [0.4, 0.5) is 0 Å². The van der Waals surface area contributed by atoms with Gasteiger partial charge in [-0.15, -0.1) is 0 Å². The standard InChI is InChI=1S/C9H12N2O2/c12-6-8-5-11-13-9(8)3-7-1-2-10-4-7/h5-7,10H,1-4H2. The van der Waals surface area contributed by atoms with Crippen LogP contribution in [0.25, 0.3) is 0 Å². The molecule has 0 spiro atoms. The summed E-state index contributed by atoms with van der Waals surface area (Å²) in [4.78, 5) is 10.5. The van der Waals surface area contributed by atoms with E-state index in [1.807, 2.05) is 0 Å². The summed E-state index contributed by atoms with van der Waals surface area (Å²) in [6.45, 7) is 2.08. The Kier molecular flexibility index (Phi) is 2.40. The predicted octanol–water partition coefficient (Wildman–Crippen LogP) is 0.639. The fourth-order valence-electron chi connectivity index (χ4n) is 1.67. The first-order valence-corrected chi connectivity index (χ1v) is 4.49. The molecule has 4 heteroatoms. The van der Waals surface area contributed by atoms with Gasteiger partial charge in [0.1, 0.15) is 5.76 Å². The Morgan fingerprint density at radius 1 is 1.77 bits per heavy atom. The molecule has 2 heterocycles. The van der Waals surface area contributed by atoms with Crippen molar-refractivity contribution < 1.29 is 9.32 Å². The second-order valence-electron chi connectivity index (χ2n) is 3.39. The first-order valence-electron chi connectivity index (χ1n) is 4.49. The van der Waals surface area contributed by atoms with Crippen LogP contribution in [-0.4, -0.2) is 24.5 Å². The van der Waals surface area contributed by atoms with Gasteiger partial charge in [0.15, 0.2) is 6.29 Å². The molecule has 0 bridgehead atoms. The summed E-state index contributed by atoms with van der Waals surface area (Å²) in [6.07, 6.45) is 4.25. The lowest BCUT2D eigenvalue weighted by molar-refractivity contribution is 0.112. The molecule has 1 saturated heterocycles. The van der Waals surface area contributed by atoms with E-state index in [2.05, 4.69) is 10.5 Å². The Balaban J connectivity index is 2.03. The number of nitrogens with zero attached hydrogens (tertiary/aromatic N) is 1. The van der Waals surface area contributed by atoms with Gasteiger partial charge in [-0.3, -0.25) is 4.79 Å². The maximum Gasteiger partial charge on any atom is 0.155 e. The van der Waals surface area contributed by atoms with Gasteiger partial charge in [-0.05, 0) is 25.4 Å². The highest BCUT2D eigenvalue weighted by Gasteiger charge is 2.18. The number of hydrogen-bond donors (Lipinski definition) is 1. The van der Waals surface area contributed by atoms with Crippen molar-refractivity contribution >= 4 is 6.29 Å². The largest absolute Gasteiger partial charge is 0.361 e. The molecule has 4 nitrogen and oxygen atoms in total. The van der Waals surface area contributed by atoms with Crippen LogP contribution in [0.5, 0.6) is 0 Å². The Labute approximate surface area is 76.3 Å². The molecule has 1 N–H and O–H groups in total. The molecule has 0 radical (unpaired) electrons. The number of carbonyl (C=O) groups excluding carboxylic acids is 1. The highest BCUT2D eigenvalue weighted by molar-refractivity contribution is 5.75. The first kappa shape index (κ1) is 8.44. The molecule has 0 aromatic carbocycles. The lowest BCUT2D eigenvalue weighted by Crippen LogP contribution is -2.11. The number of rotatable bonds is 3. The van der Waals surface area contributed by atoms with Crippen molar-refractivity contribution in [2.24, 2.45) is 5.92 Å². The van der Waals surface area contributed by atoms with Crippen LogP contribution in [-0.2, 0) is 6.42 Å². The maximum atomic E-state index is 10.5. The monoisotopic (exact) mass is 180 g/mol. The lowest BCUT2D eigenvalue weighted by Gasteiger charge is -2.03. The molecule has 13 heavy (non-hydrogen) atoms. The molecule has 1 aromatic rings. The molecule has 1 aliphatic rings. The van der Waals surface area contributed by atoms with E-state index in [1.54, 1.807) is 0 Å². The normalized spacial score (nSPS) is 22.0. The molecule has 2 rings (SSSR count). The third-order valence-electron chi connectivity index (χ3n) is 2.44.